The highest BCUT2D eigenvalue weighted by Gasteiger charge is 2.54. The molecule has 3 aromatic carbocycles. The van der Waals surface area contributed by atoms with Gasteiger partial charge in [-0.3, -0.25) is 0 Å². The van der Waals surface area contributed by atoms with Gasteiger partial charge in [0.25, 0.3) is 0 Å². The van der Waals surface area contributed by atoms with Crippen LogP contribution in [0.5, 0.6) is 0 Å². The highest BCUT2D eigenvalue weighted by atomic mass is 35.5. The normalized spacial score (nSPS) is 20.3. The zero-order chi connectivity index (χ0) is 26.8. The van der Waals surface area contributed by atoms with Crippen LogP contribution in [0.3, 0.4) is 0 Å². The molecule has 2 atom stereocenters. The molecular weight excluding hydrogens is 525 g/mol. The summed E-state index contributed by atoms with van der Waals surface area (Å²) < 4.78 is 0. The Kier molecular flexibility index (Phi) is 7.27. The Bertz CT molecular complexity index is 1500. The number of benzene rings is 3. The Balaban J connectivity index is 1.45. The second kappa shape index (κ2) is 11.1. The molecule has 5 aromatic rings. The van der Waals surface area contributed by atoms with Crippen molar-refractivity contribution in [3.8, 4) is 0 Å². The maximum Gasteiger partial charge on any atom is 0.224 e. The minimum absolute atomic E-state index is 0.0478. The molecule has 1 fully saturated rings. The molecule has 0 spiro atoms. The van der Waals surface area contributed by atoms with Crippen LogP contribution >= 0.6 is 23.2 Å². The van der Waals surface area contributed by atoms with Crippen molar-refractivity contribution in [1.82, 2.24) is 19.9 Å². The van der Waals surface area contributed by atoms with Crippen LogP contribution in [0.4, 0.5) is 5.82 Å². The topological polar surface area (TPSA) is 63.6 Å². The SMILES string of the molecule is Cc1nc(Cl)cc([C@H]2[C@@H](c3ccccc3)[C@H](c3cc(NCc4ccccc4)nc(Cl)n3)[C@@H]2c2ccccc2)n1. The smallest absolute Gasteiger partial charge is 0.224 e. The summed E-state index contributed by atoms with van der Waals surface area (Å²) >= 11 is 13.0. The molecule has 1 N–H and O–H groups in total. The average Bonchev–Trinajstić information content (AvgIpc) is 2.92. The molecule has 0 bridgehead atoms. The van der Waals surface area contributed by atoms with Gasteiger partial charge in [0.15, 0.2) is 0 Å². The minimum atomic E-state index is 0.0478. The molecule has 6 rings (SSSR count). The van der Waals surface area contributed by atoms with Gasteiger partial charge in [-0.2, -0.15) is 0 Å². The van der Waals surface area contributed by atoms with E-state index in [2.05, 4.69) is 75.9 Å². The number of hydrogen-bond acceptors (Lipinski definition) is 5. The van der Waals surface area contributed by atoms with Gasteiger partial charge >= 0.3 is 0 Å². The number of nitrogens with one attached hydrogen (secondary N) is 1. The Morgan fingerprint density at radius 1 is 0.615 bits per heavy atom. The number of halogens is 2. The first kappa shape index (κ1) is 25.5. The van der Waals surface area contributed by atoms with Gasteiger partial charge in [-0.15, -0.1) is 0 Å². The fourth-order valence-electron chi connectivity index (χ4n) is 5.87. The highest BCUT2D eigenvalue weighted by Crippen LogP contribution is 2.66. The molecule has 7 heteroatoms. The first-order chi connectivity index (χ1) is 19.1. The monoisotopic (exact) mass is 551 g/mol. The summed E-state index contributed by atoms with van der Waals surface area (Å²) in [7, 11) is 0. The zero-order valence-electron chi connectivity index (χ0n) is 21.4. The lowest BCUT2D eigenvalue weighted by Crippen LogP contribution is -2.41. The molecule has 0 unspecified atom stereocenters. The maximum absolute atomic E-state index is 6.54. The number of nitrogens with zero attached hydrogens (tertiary/aromatic N) is 4. The van der Waals surface area contributed by atoms with Gasteiger partial charge in [0.1, 0.15) is 16.8 Å². The summed E-state index contributed by atoms with van der Waals surface area (Å²) in [5.41, 5.74) is 5.45. The first-order valence-electron chi connectivity index (χ1n) is 13.0. The van der Waals surface area contributed by atoms with E-state index in [0.717, 1.165) is 17.0 Å². The molecule has 194 valence electrons. The van der Waals surface area contributed by atoms with Crippen molar-refractivity contribution in [3.05, 3.63) is 147 Å². The van der Waals surface area contributed by atoms with Gasteiger partial charge in [0.2, 0.25) is 5.28 Å². The third-order valence-corrected chi connectivity index (χ3v) is 7.82. The van der Waals surface area contributed by atoms with Crippen molar-refractivity contribution < 1.29 is 0 Å². The van der Waals surface area contributed by atoms with Gasteiger partial charge < -0.3 is 5.32 Å². The molecule has 0 aliphatic heterocycles. The van der Waals surface area contributed by atoms with Crippen molar-refractivity contribution in [1.29, 1.82) is 0 Å². The zero-order valence-corrected chi connectivity index (χ0v) is 22.9. The van der Waals surface area contributed by atoms with E-state index in [4.69, 9.17) is 33.2 Å². The van der Waals surface area contributed by atoms with Crippen LogP contribution in [0.1, 0.15) is 57.6 Å². The van der Waals surface area contributed by atoms with Crippen molar-refractivity contribution >= 4 is 29.0 Å². The van der Waals surface area contributed by atoms with Crippen LogP contribution in [-0.2, 0) is 6.54 Å². The third kappa shape index (κ3) is 5.38. The van der Waals surface area contributed by atoms with Crippen LogP contribution in [0, 0.1) is 6.92 Å². The van der Waals surface area contributed by atoms with Crippen molar-refractivity contribution in [2.24, 2.45) is 0 Å². The molecule has 1 aliphatic carbocycles. The fourth-order valence-corrected chi connectivity index (χ4v) is 6.30. The van der Waals surface area contributed by atoms with Crippen molar-refractivity contribution in [2.75, 3.05) is 5.32 Å². The number of hydrogen-bond donors (Lipinski definition) is 1. The molecule has 0 radical (unpaired) electrons. The highest BCUT2D eigenvalue weighted by molar-refractivity contribution is 6.29. The van der Waals surface area contributed by atoms with E-state index in [1.165, 1.54) is 11.1 Å². The van der Waals surface area contributed by atoms with E-state index in [1.807, 2.05) is 49.4 Å². The van der Waals surface area contributed by atoms with Crippen LogP contribution in [0.2, 0.25) is 10.4 Å². The maximum atomic E-state index is 6.54. The number of anilines is 1. The molecular formula is C32H27Cl2N5. The summed E-state index contributed by atoms with van der Waals surface area (Å²) in [6.07, 6.45) is 0. The van der Waals surface area contributed by atoms with E-state index in [-0.39, 0.29) is 29.0 Å². The van der Waals surface area contributed by atoms with Crippen LogP contribution in [0.25, 0.3) is 0 Å². The molecule has 2 heterocycles. The standard InChI is InChI=1S/C32H27Cl2N5/c1-20-36-24(17-26(33)37-20)30-28(22-13-7-3-8-14-22)31(29(30)23-15-9-4-10-16-23)25-18-27(39-32(34)38-25)35-19-21-11-5-2-6-12-21/h2-18,28-31H,19H2,1H3,(H,35,38,39)/t28-,29-,30-,31-/m1/s1. The van der Waals surface area contributed by atoms with Crippen LogP contribution in [0.15, 0.2) is 103 Å². The van der Waals surface area contributed by atoms with E-state index >= 15 is 0 Å². The largest absolute Gasteiger partial charge is 0.366 e. The summed E-state index contributed by atoms with van der Waals surface area (Å²) in [4.78, 5) is 18.5. The number of aryl methyl sites for hydroxylation is 1. The Labute approximate surface area is 238 Å². The van der Waals surface area contributed by atoms with Gasteiger partial charge in [-0.05, 0) is 41.3 Å². The lowest BCUT2D eigenvalue weighted by molar-refractivity contribution is 0.219. The lowest BCUT2D eigenvalue weighted by atomic mass is 9.50. The molecule has 0 amide bonds. The van der Waals surface area contributed by atoms with E-state index in [0.29, 0.717) is 23.3 Å². The molecule has 5 nitrogen and oxygen atoms in total. The quantitative estimate of drug-likeness (QED) is 0.164. The molecule has 0 saturated heterocycles. The van der Waals surface area contributed by atoms with Crippen LogP contribution in [-0.4, -0.2) is 19.9 Å². The van der Waals surface area contributed by atoms with Crippen molar-refractivity contribution in [2.45, 2.75) is 37.1 Å². The van der Waals surface area contributed by atoms with Crippen LogP contribution < -0.4 is 5.32 Å². The Morgan fingerprint density at radius 3 is 1.72 bits per heavy atom. The predicted molar refractivity (Wildman–Crippen MR) is 156 cm³/mol. The second-order valence-corrected chi connectivity index (χ2v) is 10.6. The molecule has 39 heavy (non-hydrogen) atoms. The van der Waals surface area contributed by atoms with E-state index in [1.54, 1.807) is 0 Å². The van der Waals surface area contributed by atoms with Gasteiger partial charge in [-0.25, -0.2) is 19.9 Å². The van der Waals surface area contributed by atoms with Gasteiger partial charge in [0.05, 0.1) is 5.69 Å². The third-order valence-electron chi connectivity index (χ3n) is 7.46. The van der Waals surface area contributed by atoms with Gasteiger partial charge in [-0.1, -0.05) is 103 Å². The Hall–Kier alpha value is -3.80. The van der Waals surface area contributed by atoms with E-state index < -0.39 is 0 Å². The summed E-state index contributed by atoms with van der Waals surface area (Å²) in [6, 6.07) is 35.3. The predicted octanol–water partition coefficient (Wildman–Crippen LogP) is 7.94. The molecule has 1 aliphatic rings. The number of aromatic nitrogens is 4. The van der Waals surface area contributed by atoms with Gasteiger partial charge in [0, 0.05) is 42.0 Å². The second-order valence-electron chi connectivity index (χ2n) is 9.87. The van der Waals surface area contributed by atoms with E-state index in [9.17, 15) is 0 Å². The summed E-state index contributed by atoms with van der Waals surface area (Å²) in [5, 5.41) is 4.12. The Morgan fingerprint density at radius 2 is 1.15 bits per heavy atom. The summed E-state index contributed by atoms with van der Waals surface area (Å²) in [5.74, 6) is 1.71. The average molecular weight is 553 g/mol. The van der Waals surface area contributed by atoms with Crippen molar-refractivity contribution in [3.63, 3.8) is 0 Å². The summed E-state index contributed by atoms with van der Waals surface area (Å²) in [6.45, 7) is 2.53. The first-order valence-corrected chi connectivity index (χ1v) is 13.8. The lowest BCUT2D eigenvalue weighted by Gasteiger charge is -2.52. The number of rotatable bonds is 7. The minimum Gasteiger partial charge on any atom is -0.366 e. The molecule has 2 aromatic heterocycles. The fraction of sp³-hybridized carbons (Fsp3) is 0.188. The molecule has 1 saturated carbocycles.